The molecule has 5 aliphatic heterocycles. The molecule has 4 amide bonds. The van der Waals surface area contributed by atoms with Gasteiger partial charge < -0.3 is 147 Å². The number of nitrogens with zero attached hydrogens (tertiary/aromatic N) is 1. The van der Waals surface area contributed by atoms with E-state index in [-0.39, 0.29) is 30.4 Å². The molecule has 4 aromatic rings. The quantitative estimate of drug-likeness (QED) is 0.0216. The van der Waals surface area contributed by atoms with Gasteiger partial charge in [-0.15, -0.1) is 0 Å². The average molecular weight is 1440 g/mol. The monoisotopic (exact) mass is 1430 g/mol. The number of hydrogen-bond donors (Lipinski definition) is 23. The highest BCUT2D eigenvalue weighted by Crippen LogP contribution is 2.33. The van der Waals surface area contributed by atoms with E-state index in [0.717, 1.165) is 10.5 Å². The van der Waals surface area contributed by atoms with Gasteiger partial charge in [0, 0.05) is 25.4 Å². The molecule has 25 unspecified atom stereocenters. The zero-order valence-corrected chi connectivity index (χ0v) is 54.9. The van der Waals surface area contributed by atoms with Crippen LogP contribution in [-0.2, 0) is 67.3 Å². The minimum atomic E-state index is -2.30. The van der Waals surface area contributed by atoms with Crippen molar-refractivity contribution in [1.82, 2.24) is 42.1 Å². The molecule has 5 heterocycles. The number of ether oxygens (including phenoxy) is 7. The van der Waals surface area contributed by atoms with Gasteiger partial charge in [-0.1, -0.05) is 91.9 Å². The Morgan fingerprint density at radius 2 is 1.18 bits per heavy atom. The van der Waals surface area contributed by atoms with Crippen LogP contribution in [-0.4, -0.2) is 299 Å². The van der Waals surface area contributed by atoms with Crippen LogP contribution in [0.2, 0.25) is 0 Å². The lowest BCUT2D eigenvalue weighted by atomic mass is 9.93. The Morgan fingerprint density at radius 3 is 1.80 bits per heavy atom. The van der Waals surface area contributed by atoms with Gasteiger partial charge in [-0.05, 0) is 46.5 Å². The molecule has 24 N–H and O–H groups in total. The number of amides is 4. The van der Waals surface area contributed by atoms with Crippen molar-refractivity contribution in [3.63, 3.8) is 0 Å². The van der Waals surface area contributed by atoms with E-state index in [0.29, 0.717) is 23.5 Å². The first-order valence-electron chi connectivity index (χ1n) is 32.8. The van der Waals surface area contributed by atoms with Gasteiger partial charge >= 0.3 is 0 Å². The summed E-state index contributed by atoms with van der Waals surface area (Å²) in [6, 6.07) is 18.4. The van der Waals surface area contributed by atoms with Gasteiger partial charge in [0.05, 0.1) is 51.2 Å². The van der Waals surface area contributed by atoms with Crippen molar-refractivity contribution in [2.24, 2.45) is 5.73 Å². The summed E-state index contributed by atoms with van der Waals surface area (Å²) < 4.78 is 41.0. The molecule has 102 heavy (non-hydrogen) atoms. The second-order valence-corrected chi connectivity index (χ2v) is 25.2. The molecule has 0 aliphatic carbocycles. The number of aliphatic hydroxyl groups excluding tert-OH is 13. The van der Waals surface area contributed by atoms with Crippen LogP contribution in [0.3, 0.4) is 0 Å². The van der Waals surface area contributed by atoms with Crippen LogP contribution in [0.5, 0.6) is 11.5 Å². The third-order valence-corrected chi connectivity index (χ3v) is 18.3. The average Bonchev–Trinajstić information content (AvgIpc) is 1.31. The van der Waals surface area contributed by atoms with Gasteiger partial charge in [-0.2, -0.15) is 0 Å². The van der Waals surface area contributed by atoms with E-state index in [1.165, 1.54) is 30.6 Å². The Labute approximate surface area is 583 Å². The van der Waals surface area contributed by atoms with Crippen LogP contribution in [0.15, 0.2) is 109 Å². The van der Waals surface area contributed by atoms with Crippen LogP contribution in [0.1, 0.15) is 35.1 Å². The number of nitrogens with two attached hydrogens (primary N) is 1. The molecule has 4 aromatic carbocycles. The maximum absolute atomic E-state index is 15.0. The summed E-state index contributed by atoms with van der Waals surface area (Å²) in [5.41, 5.74) is 9.05. The van der Waals surface area contributed by atoms with E-state index >= 15 is 0 Å². The van der Waals surface area contributed by atoms with E-state index in [4.69, 9.17) is 49.7 Å². The number of carbonyl (C=O) groups is 4. The van der Waals surface area contributed by atoms with Gasteiger partial charge in [0.25, 0.3) is 0 Å². The number of carbonyl (C=O) groups excluding carboxylic acids is 5. The highest BCUT2D eigenvalue weighted by molar-refractivity contribution is 5.96. The smallest absolute Gasteiger partial charge is 0.246 e. The molecule has 1 radical (unpaired) electrons. The van der Waals surface area contributed by atoms with Crippen molar-refractivity contribution < 1.29 is 124 Å². The lowest BCUT2D eigenvalue weighted by Crippen LogP contribution is -2.69. The first-order chi connectivity index (χ1) is 48.9. The molecular weight excluding hydrogens is 1350 g/mol. The first kappa shape index (κ1) is 78.0. The van der Waals surface area contributed by atoms with Crippen LogP contribution >= 0.6 is 0 Å². The van der Waals surface area contributed by atoms with Gasteiger partial charge in [0.2, 0.25) is 36.2 Å². The largest absolute Gasteiger partial charge is 0.489 e. The van der Waals surface area contributed by atoms with E-state index in [1.54, 1.807) is 61.5 Å². The summed E-state index contributed by atoms with van der Waals surface area (Å²) >= 11 is 0. The maximum atomic E-state index is 15.0. The van der Waals surface area contributed by atoms with Crippen molar-refractivity contribution in [2.75, 3.05) is 39.5 Å². The summed E-state index contributed by atoms with van der Waals surface area (Å²) in [6.45, 7) is -2.33. The Bertz CT molecular complexity index is 3410. The molecule has 557 valence electrons. The Morgan fingerprint density at radius 1 is 0.608 bits per heavy atom. The van der Waals surface area contributed by atoms with Gasteiger partial charge in [0.15, 0.2) is 24.4 Å². The SMILES string of the molecule is CC(c1ccccc1)C(N)C(=O)NC(Cc1ccc(OC2OC(CO)C(OC3OC(CO)C(OCc4ccc(OCc5ccccc5)cc4)C(O)C3O)C(O)C2O)cc1)C(=O)NC(C(=O)NC(C(=O)NC([C]=O)CO)C(O)C1CNC(=N)N1C1OC(CO)C(O)C(O)C1O)C(O)C1CNC(=N)N1. The van der Waals surface area contributed by atoms with Crippen LogP contribution in [0, 0.1) is 10.8 Å². The van der Waals surface area contributed by atoms with Crippen LogP contribution < -0.4 is 52.4 Å². The van der Waals surface area contributed by atoms with Crippen molar-refractivity contribution in [1.29, 1.82) is 10.8 Å². The fraction of sp³-hybridized carbons (Fsp3) is 0.530. The molecule has 0 spiro atoms. The topological polar surface area (TPSA) is 574 Å². The lowest BCUT2D eigenvalue weighted by Gasteiger charge is -2.46. The van der Waals surface area contributed by atoms with E-state index < -0.39 is 221 Å². The first-order valence-corrected chi connectivity index (χ1v) is 32.8. The third-order valence-electron chi connectivity index (χ3n) is 18.3. The minimum absolute atomic E-state index is 0.0464. The van der Waals surface area contributed by atoms with E-state index in [1.807, 2.05) is 30.3 Å². The number of rotatable bonds is 32. The predicted molar refractivity (Wildman–Crippen MR) is 350 cm³/mol. The molecule has 5 aliphatic rings. The van der Waals surface area contributed by atoms with Gasteiger partial charge in [0.1, 0.15) is 128 Å². The number of nitrogens with one attached hydrogen (secondary N) is 9. The van der Waals surface area contributed by atoms with Crippen molar-refractivity contribution in [2.45, 2.75) is 179 Å². The second-order valence-electron chi connectivity index (χ2n) is 25.2. The number of guanidine groups is 2. The Hall–Kier alpha value is -8.19. The standard InChI is InChI=1S/C66H88N11O25/c1-30(34-10-6-3-7-11-34)44(67)59(93)73-38(58(92)75-45(47(83)39-21-70-65(68)74-39)61(95)76-46(60(94)72-35(23-78)24-79)48(84)40-22-71-66(69)77(40)62-53(89)50(86)49(85)41(25-80)99-62)20-31-12-18-37(19-13-31)98-63-55(91)52(88)57(43(27-82)101-63)102-64-54(90)51(87)56(42(26-81)100-64)97-29-33-14-16-36(17-15-33)96-28-32-8-4-2-5-9-32/h2-19,30,35,38-57,62-64,78,80-91H,20-23,25-29,67H2,1H3,(H2,69,71)(H,72,94)(H,73,93)(H,75,92)(H,76,95)(H3,68,70,74). The number of benzene rings is 4. The van der Waals surface area contributed by atoms with Crippen molar-refractivity contribution >= 4 is 41.8 Å². The van der Waals surface area contributed by atoms with Crippen LogP contribution in [0.25, 0.3) is 0 Å². The van der Waals surface area contributed by atoms with E-state index in [9.17, 15) is 90.4 Å². The summed E-state index contributed by atoms with van der Waals surface area (Å²) in [5.74, 6) is -5.96. The molecule has 36 nitrogen and oxygen atoms in total. The Balaban J connectivity index is 0.899. The highest BCUT2D eigenvalue weighted by Gasteiger charge is 2.55. The summed E-state index contributed by atoms with van der Waals surface area (Å²) in [5, 5.41) is 177. The Kier molecular flexibility index (Phi) is 27.4. The lowest BCUT2D eigenvalue weighted by molar-refractivity contribution is -0.355. The number of hydrogen-bond acceptors (Lipinski definition) is 28. The predicted octanol–water partition coefficient (Wildman–Crippen LogP) is -8.57. The molecule has 36 heteroatoms. The molecule has 5 fully saturated rings. The maximum Gasteiger partial charge on any atom is 0.246 e. The van der Waals surface area contributed by atoms with Gasteiger partial charge in [-0.25, -0.2) is 0 Å². The van der Waals surface area contributed by atoms with E-state index in [2.05, 4.69) is 37.2 Å². The third kappa shape index (κ3) is 18.6. The van der Waals surface area contributed by atoms with Crippen molar-refractivity contribution in [3.05, 3.63) is 131 Å². The normalized spacial score (nSPS) is 30.3. The summed E-state index contributed by atoms with van der Waals surface area (Å²) in [4.78, 5) is 71.0. The summed E-state index contributed by atoms with van der Waals surface area (Å²) in [6.07, 6.45) is -29.4. The highest BCUT2D eigenvalue weighted by atomic mass is 16.7. The molecule has 5 saturated heterocycles. The van der Waals surface area contributed by atoms with Crippen LogP contribution in [0.4, 0.5) is 0 Å². The fourth-order valence-corrected chi connectivity index (χ4v) is 12.3. The molecule has 0 saturated carbocycles. The molecular formula is C66H88N11O25. The molecule has 0 bridgehead atoms. The zero-order chi connectivity index (χ0) is 73.6. The second kappa shape index (κ2) is 35.8. The fourth-order valence-electron chi connectivity index (χ4n) is 12.3. The van der Waals surface area contributed by atoms with Gasteiger partial charge in [-0.3, -0.25) is 34.8 Å². The van der Waals surface area contributed by atoms with Crippen molar-refractivity contribution in [3.8, 4) is 11.5 Å². The molecule has 9 rings (SSSR count). The minimum Gasteiger partial charge on any atom is -0.489 e. The molecule has 25 atom stereocenters. The number of aliphatic hydroxyl groups is 13. The molecule has 0 aromatic heterocycles. The zero-order valence-electron chi connectivity index (χ0n) is 54.9. The summed E-state index contributed by atoms with van der Waals surface area (Å²) in [7, 11) is 0.